The quantitative estimate of drug-likeness (QED) is 0.756. The van der Waals surface area contributed by atoms with E-state index in [1.165, 1.54) is 11.3 Å². The number of aliphatic hydroxyl groups is 1. The molecule has 1 aromatic heterocycles. The minimum Gasteiger partial charge on any atom is -0.466 e. The number of hydrogen-bond donors (Lipinski definition) is 1. The van der Waals surface area contributed by atoms with E-state index in [1.54, 1.807) is 18.5 Å². The number of aliphatic hydroxyl groups excluding tert-OH is 1. The third-order valence-corrected chi connectivity index (χ3v) is 2.54. The summed E-state index contributed by atoms with van der Waals surface area (Å²) in [4.78, 5) is 14.9. The summed E-state index contributed by atoms with van der Waals surface area (Å²) in [5.74, 6) is -0.275. The summed E-state index contributed by atoms with van der Waals surface area (Å²) in [6.45, 7) is 2.14. The highest BCUT2D eigenvalue weighted by atomic mass is 32.1. The van der Waals surface area contributed by atoms with E-state index in [0.717, 1.165) is 0 Å². The first-order valence-corrected chi connectivity index (χ1v) is 5.35. The second kappa shape index (κ2) is 5.72. The zero-order valence-electron chi connectivity index (χ0n) is 7.97. The topological polar surface area (TPSA) is 59.4 Å². The zero-order valence-corrected chi connectivity index (χ0v) is 8.79. The number of esters is 1. The molecule has 5 heteroatoms. The molecule has 0 aromatic carbocycles. The molecule has 0 aliphatic carbocycles. The van der Waals surface area contributed by atoms with Crippen LogP contribution >= 0.6 is 11.3 Å². The second-order valence-corrected chi connectivity index (χ2v) is 3.66. The molecule has 0 spiro atoms. The van der Waals surface area contributed by atoms with Crippen molar-refractivity contribution in [2.75, 3.05) is 6.61 Å². The van der Waals surface area contributed by atoms with Gasteiger partial charge in [-0.1, -0.05) is 0 Å². The maximum atomic E-state index is 11.0. The summed E-state index contributed by atoms with van der Waals surface area (Å²) in [6.07, 6.45) is 1.58. The van der Waals surface area contributed by atoms with Crippen LogP contribution in [-0.2, 0) is 9.53 Å². The molecule has 0 aliphatic heterocycles. The van der Waals surface area contributed by atoms with Gasteiger partial charge in [-0.2, -0.15) is 0 Å². The third-order valence-electron chi connectivity index (χ3n) is 1.66. The predicted molar refractivity (Wildman–Crippen MR) is 52.9 cm³/mol. The Hall–Kier alpha value is -0.940. The Balaban J connectivity index is 2.28. The summed E-state index contributed by atoms with van der Waals surface area (Å²) in [5, 5.41) is 12.0. The highest BCUT2D eigenvalue weighted by molar-refractivity contribution is 7.09. The Bertz CT molecular complexity index is 274. The maximum absolute atomic E-state index is 11.0. The van der Waals surface area contributed by atoms with Gasteiger partial charge in [0, 0.05) is 18.0 Å². The molecule has 1 N–H and O–H groups in total. The molecule has 0 aliphatic rings. The van der Waals surface area contributed by atoms with E-state index in [4.69, 9.17) is 4.74 Å². The molecule has 0 saturated carbocycles. The number of carbonyl (C=O) groups is 1. The normalized spacial score (nSPS) is 12.4. The Morgan fingerprint density at radius 2 is 2.57 bits per heavy atom. The molecule has 1 aromatic rings. The van der Waals surface area contributed by atoms with E-state index >= 15 is 0 Å². The van der Waals surface area contributed by atoms with Crippen LogP contribution < -0.4 is 0 Å². The fourth-order valence-electron chi connectivity index (χ4n) is 1.01. The maximum Gasteiger partial charge on any atom is 0.305 e. The predicted octanol–water partition coefficient (Wildman–Crippen LogP) is 1.52. The average molecular weight is 215 g/mol. The van der Waals surface area contributed by atoms with Crippen molar-refractivity contribution in [3.63, 3.8) is 0 Å². The van der Waals surface area contributed by atoms with Crippen LogP contribution in [0.25, 0.3) is 0 Å². The highest BCUT2D eigenvalue weighted by Crippen LogP contribution is 2.20. The van der Waals surface area contributed by atoms with Crippen molar-refractivity contribution in [2.24, 2.45) is 0 Å². The Labute approximate surface area is 86.6 Å². The van der Waals surface area contributed by atoms with E-state index in [2.05, 4.69) is 4.98 Å². The van der Waals surface area contributed by atoms with E-state index in [0.29, 0.717) is 18.0 Å². The van der Waals surface area contributed by atoms with E-state index in [1.807, 2.05) is 0 Å². The van der Waals surface area contributed by atoms with Gasteiger partial charge in [0.05, 0.1) is 6.61 Å². The lowest BCUT2D eigenvalue weighted by Gasteiger charge is -2.06. The molecule has 0 fully saturated rings. The number of rotatable bonds is 5. The van der Waals surface area contributed by atoms with Crippen LogP contribution in [0, 0.1) is 0 Å². The molecule has 14 heavy (non-hydrogen) atoms. The molecule has 1 heterocycles. The van der Waals surface area contributed by atoms with Gasteiger partial charge < -0.3 is 9.84 Å². The SMILES string of the molecule is CCOC(=O)CCC(O)c1nccs1. The van der Waals surface area contributed by atoms with E-state index in [9.17, 15) is 9.90 Å². The fraction of sp³-hybridized carbons (Fsp3) is 0.556. The van der Waals surface area contributed by atoms with Gasteiger partial charge in [-0.15, -0.1) is 11.3 Å². The van der Waals surface area contributed by atoms with Crippen molar-refractivity contribution in [1.82, 2.24) is 4.98 Å². The molecule has 0 amide bonds. The number of aromatic nitrogens is 1. The van der Waals surface area contributed by atoms with Gasteiger partial charge in [-0.25, -0.2) is 4.98 Å². The Kier molecular flexibility index (Phi) is 4.55. The molecule has 0 saturated heterocycles. The van der Waals surface area contributed by atoms with E-state index < -0.39 is 6.10 Å². The molecule has 0 bridgehead atoms. The van der Waals surface area contributed by atoms with Crippen LogP contribution in [0.5, 0.6) is 0 Å². The van der Waals surface area contributed by atoms with Gasteiger partial charge in [-0.3, -0.25) is 4.79 Å². The average Bonchev–Trinajstić information content (AvgIpc) is 2.67. The van der Waals surface area contributed by atoms with Gasteiger partial charge in [-0.05, 0) is 13.3 Å². The minimum atomic E-state index is -0.653. The van der Waals surface area contributed by atoms with Crippen molar-refractivity contribution >= 4 is 17.3 Å². The number of hydrogen-bond acceptors (Lipinski definition) is 5. The Morgan fingerprint density at radius 1 is 1.79 bits per heavy atom. The van der Waals surface area contributed by atoms with Gasteiger partial charge >= 0.3 is 5.97 Å². The van der Waals surface area contributed by atoms with E-state index in [-0.39, 0.29) is 12.4 Å². The summed E-state index contributed by atoms with van der Waals surface area (Å²) < 4.78 is 4.74. The largest absolute Gasteiger partial charge is 0.466 e. The first-order chi connectivity index (χ1) is 6.74. The van der Waals surface area contributed by atoms with Crippen LogP contribution in [0.4, 0.5) is 0 Å². The summed E-state index contributed by atoms with van der Waals surface area (Å²) in [5.41, 5.74) is 0. The standard InChI is InChI=1S/C9H13NO3S/c1-2-13-8(12)4-3-7(11)9-10-5-6-14-9/h5-7,11H,2-4H2,1H3. The lowest BCUT2D eigenvalue weighted by molar-refractivity contribution is -0.143. The first-order valence-electron chi connectivity index (χ1n) is 4.47. The fourth-order valence-corrected chi connectivity index (χ4v) is 1.67. The van der Waals surface area contributed by atoms with Crippen molar-refractivity contribution in [1.29, 1.82) is 0 Å². The van der Waals surface area contributed by atoms with Crippen molar-refractivity contribution in [3.05, 3.63) is 16.6 Å². The van der Waals surface area contributed by atoms with Crippen LogP contribution in [0.15, 0.2) is 11.6 Å². The third kappa shape index (κ3) is 3.43. The smallest absolute Gasteiger partial charge is 0.305 e. The molecule has 1 rings (SSSR count). The molecule has 1 atom stereocenters. The number of nitrogens with zero attached hydrogens (tertiary/aromatic N) is 1. The lowest BCUT2D eigenvalue weighted by atomic mass is 10.2. The van der Waals surface area contributed by atoms with Gasteiger partial charge in [0.1, 0.15) is 11.1 Å². The van der Waals surface area contributed by atoms with Crippen LogP contribution in [0.2, 0.25) is 0 Å². The zero-order chi connectivity index (χ0) is 10.4. The number of carbonyl (C=O) groups excluding carboxylic acids is 1. The van der Waals surface area contributed by atoms with Crippen molar-refractivity contribution in [3.8, 4) is 0 Å². The molecular formula is C9H13NO3S. The first kappa shape index (κ1) is 11.1. The molecule has 4 nitrogen and oxygen atoms in total. The van der Waals surface area contributed by atoms with Gasteiger partial charge in [0.15, 0.2) is 0 Å². The molecule has 1 unspecified atom stereocenters. The molecule has 78 valence electrons. The molecular weight excluding hydrogens is 202 g/mol. The van der Waals surface area contributed by atoms with Gasteiger partial charge in [0.25, 0.3) is 0 Å². The minimum absolute atomic E-state index is 0.231. The van der Waals surface area contributed by atoms with Crippen molar-refractivity contribution < 1.29 is 14.6 Å². The van der Waals surface area contributed by atoms with Crippen LogP contribution in [-0.4, -0.2) is 22.7 Å². The number of ether oxygens (including phenoxy) is 1. The second-order valence-electron chi connectivity index (χ2n) is 2.73. The monoisotopic (exact) mass is 215 g/mol. The summed E-state index contributed by atoms with van der Waals surface area (Å²) in [7, 11) is 0. The summed E-state index contributed by atoms with van der Waals surface area (Å²) >= 11 is 1.38. The lowest BCUT2D eigenvalue weighted by Crippen LogP contribution is -2.06. The summed E-state index contributed by atoms with van der Waals surface area (Å²) in [6, 6.07) is 0. The van der Waals surface area contributed by atoms with Crippen LogP contribution in [0.1, 0.15) is 30.9 Å². The molecule has 0 radical (unpaired) electrons. The highest BCUT2D eigenvalue weighted by Gasteiger charge is 2.12. The van der Waals surface area contributed by atoms with Crippen molar-refractivity contribution in [2.45, 2.75) is 25.9 Å². The van der Waals surface area contributed by atoms with Gasteiger partial charge in [0.2, 0.25) is 0 Å². The van der Waals surface area contributed by atoms with Crippen LogP contribution in [0.3, 0.4) is 0 Å². The Morgan fingerprint density at radius 3 is 3.14 bits per heavy atom. The number of thiazole rings is 1.